The predicted octanol–water partition coefficient (Wildman–Crippen LogP) is -0.395. The van der Waals surface area contributed by atoms with Gasteiger partial charge in [-0.2, -0.15) is 0 Å². The van der Waals surface area contributed by atoms with E-state index in [4.69, 9.17) is 15.9 Å². The smallest absolute Gasteiger partial charge is 0.321 e. The average molecular weight is 193 g/mol. The van der Waals surface area contributed by atoms with Gasteiger partial charge in [0.2, 0.25) is 0 Å². The van der Waals surface area contributed by atoms with Gasteiger partial charge in [0.05, 0.1) is 5.25 Å². The quantitative estimate of drug-likeness (QED) is 0.549. The number of nitrogens with two attached hydrogens (primary N) is 1. The Balaban J connectivity index is 3.68. The lowest BCUT2D eigenvalue weighted by Gasteiger charge is -2.08. The first-order valence-electron chi connectivity index (χ1n) is 3.28. The fourth-order valence-electron chi connectivity index (χ4n) is 0.391. The molecule has 0 amide bonds. The van der Waals surface area contributed by atoms with E-state index in [2.05, 4.69) is 0 Å². The van der Waals surface area contributed by atoms with Gasteiger partial charge >= 0.3 is 11.9 Å². The fraction of sp³-hybridized carbons (Fsp3) is 0.667. The van der Waals surface area contributed by atoms with Crippen LogP contribution in [-0.4, -0.2) is 39.2 Å². The maximum atomic E-state index is 10.3. The molecule has 0 spiro atoms. The van der Waals surface area contributed by atoms with Crippen LogP contribution < -0.4 is 5.73 Å². The number of hydrogen-bond acceptors (Lipinski definition) is 4. The lowest BCUT2D eigenvalue weighted by molar-refractivity contribution is -0.138. The standard InChI is InChI=1S/C6H11NO4S/c1-3(5(8)9)12-2-4(7)6(10)11/h3-4H,2,7H2,1H3,(H,8,9)(H,10,11)/t3?,4-/m1/s1. The van der Waals surface area contributed by atoms with Crippen LogP contribution in [0.5, 0.6) is 0 Å². The number of thioether (sulfide) groups is 1. The fourth-order valence-corrected chi connectivity index (χ4v) is 1.17. The van der Waals surface area contributed by atoms with Crippen molar-refractivity contribution in [2.45, 2.75) is 18.2 Å². The molecule has 12 heavy (non-hydrogen) atoms. The molecule has 0 fully saturated rings. The van der Waals surface area contributed by atoms with Crippen LogP contribution >= 0.6 is 11.8 Å². The molecule has 6 heteroatoms. The van der Waals surface area contributed by atoms with E-state index in [1.165, 1.54) is 6.92 Å². The van der Waals surface area contributed by atoms with Gasteiger partial charge in [-0.3, -0.25) is 9.59 Å². The van der Waals surface area contributed by atoms with Crippen LogP contribution in [0.1, 0.15) is 6.92 Å². The lowest BCUT2D eigenvalue weighted by Crippen LogP contribution is -2.33. The van der Waals surface area contributed by atoms with E-state index in [1.54, 1.807) is 0 Å². The summed E-state index contributed by atoms with van der Waals surface area (Å²) in [5.74, 6) is -1.96. The van der Waals surface area contributed by atoms with Gasteiger partial charge in [-0.05, 0) is 6.92 Å². The van der Waals surface area contributed by atoms with Crippen molar-refractivity contribution >= 4 is 23.7 Å². The summed E-state index contributed by atoms with van der Waals surface area (Å²) < 4.78 is 0. The highest BCUT2D eigenvalue weighted by Gasteiger charge is 2.16. The first kappa shape index (κ1) is 11.2. The number of aliphatic carboxylic acids is 2. The number of carboxylic acid groups (broad SMARTS) is 2. The molecule has 0 aliphatic heterocycles. The molecule has 0 aliphatic carbocycles. The lowest BCUT2D eigenvalue weighted by atomic mass is 10.4. The second kappa shape index (κ2) is 5.00. The van der Waals surface area contributed by atoms with Gasteiger partial charge in [0.25, 0.3) is 0 Å². The van der Waals surface area contributed by atoms with E-state index < -0.39 is 23.2 Å². The number of hydrogen-bond donors (Lipinski definition) is 3. The van der Waals surface area contributed by atoms with Crippen molar-refractivity contribution < 1.29 is 19.8 Å². The second-order valence-corrected chi connectivity index (χ2v) is 3.63. The molecule has 0 radical (unpaired) electrons. The van der Waals surface area contributed by atoms with E-state index in [-0.39, 0.29) is 5.75 Å². The summed E-state index contributed by atoms with van der Waals surface area (Å²) in [5, 5.41) is 16.2. The molecule has 0 aromatic heterocycles. The zero-order valence-electron chi connectivity index (χ0n) is 6.56. The molecule has 0 bridgehead atoms. The van der Waals surface area contributed by atoms with Gasteiger partial charge in [-0.1, -0.05) is 0 Å². The molecule has 0 heterocycles. The van der Waals surface area contributed by atoms with Gasteiger partial charge in [-0.15, -0.1) is 11.8 Å². The van der Waals surface area contributed by atoms with Crippen LogP contribution in [0, 0.1) is 0 Å². The minimum absolute atomic E-state index is 0.114. The molecular weight excluding hydrogens is 182 g/mol. The van der Waals surface area contributed by atoms with Gasteiger partial charge in [0.1, 0.15) is 6.04 Å². The summed E-state index contributed by atoms with van der Waals surface area (Å²) in [6.07, 6.45) is 0. The van der Waals surface area contributed by atoms with Crippen molar-refractivity contribution in [1.82, 2.24) is 0 Å². The van der Waals surface area contributed by atoms with E-state index in [0.29, 0.717) is 0 Å². The molecule has 0 saturated heterocycles. The number of carboxylic acids is 2. The summed E-state index contributed by atoms with van der Waals surface area (Å²) in [4.78, 5) is 20.5. The zero-order chi connectivity index (χ0) is 9.72. The van der Waals surface area contributed by atoms with Crippen molar-refractivity contribution in [2.75, 3.05) is 5.75 Å². The first-order valence-corrected chi connectivity index (χ1v) is 4.32. The molecule has 5 nitrogen and oxygen atoms in total. The van der Waals surface area contributed by atoms with Gasteiger partial charge in [0.15, 0.2) is 0 Å². The van der Waals surface area contributed by atoms with Crippen molar-refractivity contribution in [3.05, 3.63) is 0 Å². The maximum absolute atomic E-state index is 10.3. The molecule has 1 unspecified atom stereocenters. The Morgan fingerprint density at radius 1 is 1.42 bits per heavy atom. The van der Waals surface area contributed by atoms with E-state index >= 15 is 0 Å². The molecule has 0 saturated carbocycles. The Morgan fingerprint density at radius 3 is 2.25 bits per heavy atom. The molecule has 4 N–H and O–H groups in total. The third kappa shape index (κ3) is 4.20. The molecule has 0 aliphatic rings. The minimum Gasteiger partial charge on any atom is -0.480 e. The summed E-state index contributed by atoms with van der Waals surface area (Å²) in [5.41, 5.74) is 5.15. The highest BCUT2D eigenvalue weighted by atomic mass is 32.2. The van der Waals surface area contributed by atoms with Crippen molar-refractivity contribution in [3.8, 4) is 0 Å². The van der Waals surface area contributed by atoms with E-state index in [9.17, 15) is 9.59 Å². The Bertz CT molecular complexity index is 164. The molecule has 70 valence electrons. The highest BCUT2D eigenvalue weighted by Crippen LogP contribution is 2.10. The Labute approximate surface area is 73.9 Å². The third-order valence-electron chi connectivity index (χ3n) is 1.19. The summed E-state index contributed by atoms with van der Waals surface area (Å²) in [6, 6.07) is -0.989. The average Bonchev–Trinajstić information content (AvgIpc) is 1.98. The molecular formula is C6H11NO4S. The van der Waals surface area contributed by atoms with Crippen LogP contribution in [0.15, 0.2) is 0 Å². The normalized spacial score (nSPS) is 15.2. The van der Waals surface area contributed by atoms with Crippen molar-refractivity contribution in [3.63, 3.8) is 0 Å². The van der Waals surface area contributed by atoms with E-state index in [1.807, 2.05) is 0 Å². The van der Waals surface area contributed by atoms with Crippen LogP contribution in [0.2, 0.25) is 0 Å². The van der Waals surface area contributed by atoms with Crippen molar-refractivity contribution in [1.29, 1.82) is 0 Å². The molecule has 2 atom stereocenters. The number of carbonyl (C=O) groups is 2. The monoisotopic (exact) mass is 193 g/mol. The third-order valence-corrected chi connectivity index (χ3v) is 2.44. The minimum atomic E-state index is -1.11. The van der Waals surface area contributed by atoms with Gasteiger partial charge < -0.3 is 15.9 Å². The van der Waals surface area contributed by atoms with Crippen molar-refractivity contribution in [2.24, 2.45) is 5.73 Å². The first-order chi connectivity index (χ1) is 5.45. The molecule has 0 aromatic carbocycles. The highest BCUT2D eigenvalue weighted by molar-refractivity contribution is 8.00. The van der Waals surface area contributed by atoms with Crippen LogP contribution in [0.25, 0.3) is 0 Å². The van der Waals surface area contributed by atoms with Crippen LogP contribution in [0.3, 0.4) is 0 Å². The van der Waals surface area contributed by atoms with Gasteiger partial charge in [-0.25, -0.2) is 0 Å². The molecule has 0 aromatic rings. The second-order valence-electron chi connectivity index (χ2n) is 2.26. The molecule has 0 rings (SSSR count). The van der Waals surface area contributed by atoms with Crippen LogP contribution in [-0.2, 0) is 9.59 Å². The maximum Gasteiger partial charge on any atom is 0.321 e. The van der Waals surface area contributed by atoms with Crippen LogP contribution in [0.4, 0.5) is 0 Å². The Hall–Kier alpha value is -0.750. The van der Waals surface area contributed by atoms with E-state index in [0.717, 1.165) is 11.8 Å². The summed E-state index contributed by atoms with van der Waals surface area (Å²) >= 11 is 1.02. The number of rotatable bonds is 5. The summed E-state index contributed by atoms with van der Waals surface area (Å²) in [6.45, 7) is 1.49. The zero-order valence-corrected chi connectivity index (χ0v) is 7.37. The van der Waals surface area contributed by atoms with Gasteiger partial charge in [0, 0.05) is 5.75 Å². The summed E-state index contributed by atoms with van der Waals surface area (Å²) in [7, 11) is 0. The topological polar surface area (TPSA) is 101 Å². The Kier molecular flexibility index (Phi) is 4.68. The predicted molar refractivity (Wildman–Crippen MR) is 45.2 cm³/mol. The SMILES string of the molecule is CC(SC[C@@H](N)C(=O)O)C(=O)O. The largest absolute Gasteiger partial charge is 0.480 e. The Morgan fingerprint density at radius 2 is 1.92 bits per heavy atom.